The molecule has 0 saturated heterocycles. The summed E-state index contributed by atoms with van der Waals surface area (Å²) in [7, 11) is 0. The van der Waals surface area contributed by atoms with Gasteiger partial charge in [0.15, 0.2) is 11.5 Å². The fourth-order valence-corrected chi connectivity index (χ4v) is 3.37. The third kappa shape index (κ3) is 8.31. The number of anilines is 1. The van der Waals surface area contributed by atoms with E-state index in [1.807, 2.05) is 31.2 Å². The lowest BCUT2D eigenvalue weighted by molar-refractivity contribution is -0.124. The summed E-state index contributed by atoms with van der Waals surface area (Å²) in [4.78, 5) is 24.1. The number of hydrogen-bond acceptors (Lipinski definition) is 5. The zero-order valence-corrected chi connectivity index (χ0v) is 20.6. The van der Waals surface area contributed by atoms with Gasteiger partial charge in [-0.25, -0.2) is 5.43 Å². The van der Waals surface area contributed by atoms with Crippen LogP contribution in [0.1, 0.15) is 30.9 Å². The highest BCUT2D eigenvalue weighted by Gasteiger charge is 2.10. The second-order valence-electron chi connectivity index (χ2n) is 7.34. The van der Waals surface area contributed by atoms with Crippen molar-refractivity contribution in [3.63, 3.8) is 0 Å². The molecule has 2 amide bonds. The van der Waals surface area contributed by atoms with E-state index in [-0.39, 0.29) is 24.7 Å². The quantitative estimate of drug-likeness (QED) is 0.249. The molecule has 7 nitrogen and oxygen atoms in total. The third-order valence-corrected chi connectivity index (χ3v) is 5.44. The summed E-state index contributed by atoms with van der Waals surface area (Å²) < 4.78 is 11.6. The van der Waals surface area contributed by atoms with E-state index in [9.17, 15) is 9.59 Å². The van der Waals surface area contributed by atoms with Gasteiger partial charge in [-0.2, -0.15) is 5.10 Å². The number of halogens is 2. The van der Waals surface area contributed by atoms with E-state index < -0.39 is 0 Å². The molecule has 0 spiro atoms. The summed E-state index contributed by atoms with van der Waals surface area (Å²) in [6.07, 6.45) is 1.47. The number of nitrogens with one attached hydrogen (secondary N) is 2. The van der Waals surface area contributed by atoms with Gasteiger partial charge in [-0.3, -0.25) is 9.59 Å². The maximum absolute atomic E-state index is 12.0. The van der Waals surface area contributed by atoms with Crippen LogP contribution in [-0.2, 0) is 16.2 Å². The molecule has 0 aliphatic rings. The molecule has 0 radical (unpaired) electrons. The van der Waals surface area contributed by atoms with Crippen LogP contribution < -0.4 is 20.2 Å². The monoisotopic (exact) mass is 513 g/mol. The Hall–Kier alpha value is -3.55. The zero-order chi connectivity index (χ0) is 25.0. The van der Waals surface area contributed by atoms with Crippen molar-refractivity contribution in [1.82, 2.24) is 5.43 Å². The maximum Gasteiger partial charge on any atom is 0.240 e. The van der Waals surface area contributed by atoms with Gasteiger partial charge in [-0.15, -0.1) is 0 Å². The number of para-hydroxylation sites is 1. The van der Waals surface area contributed by atoms with Crippen LogP contribution in [0.25, 0.3) is 0 Å². The molecule has 3 aromatic carbocycles. The van der Waals surface area contributed by atoms with Crippen molar-refractivity contribution in [2.24, 2.45) is 5.10 Å². The van der Waals surface area contributed by atoms with Gasteiger partial charge >= 0.3 is 0 Å². The second kappa shape index (κ2) is 13.4. The molecule has 3 rings (SSSR count). The molecule has 0 aliphatic heterocycles. The Morgan fingerprint density at radius 2 is 1.60 bits per heavy atom. The Morgan fingerprint density at radius 3 is 2.34 bits per heavy atom. The molecule has 0 heterocycles. The first-order chi connectivity index (χ1) is 17.0. The first kappa shape index (κ1) is 26.1. The largest absolute Gasteiger partial charge is 0.490 e. The van der Waals surface area contributed by atoms with Crippen LogP contribution in [0.15, 0.2) is 71.8 Å². The zero-order valence-electron chi connectivity index (χ0n) is 19.1. The van der Waals surface area contributed by atoms with Gasteiger partial charge in [0, 0.05) is 23.4 Å². The molecular weight excluding hydrogens is 489 g/mol. The fraction of sp³-hybridized carbons (Fsp3) is 0.192. The summed E-state index contributed by atoms with van der Waals surface area (Å²) in [6.45, 7) is 2.63. The molecule has 182 valence electrons. The van der Waals surface area contributed by atoms with E-state index >= 15 is 0 Å². The Kier molecular flexibility index (Phi) is 9.95. The van der Waals surface area contributed by atoms with Crippen molar-refractivity contribution < 1.29 is 19.1 Å². The number of rotatable bonds is 11. The van der Waals surface area contributed by atoms with Crippen LogP contribution in [0.5, 0.6) is 11.5 Å². The second-order valence-corrected chi connectivity index (χ2v) is 8.15. The Balaban J connectivity index is 1.50. The van der Waals surface area contributed by atoms with Crippen molar-refractivity contribution in [3.05, 3.63) is 87.9 Å². The third-order valence-electron chi connectivity index (χ3n) is 4.74. The molecule has 0 atom stereocenters. The normalized spacial score (nSPS) is 10.7. The number of carbonyl (C=O) groups excluding carboxylic acids is 2. The first-order valence-electron chi connectivity index (χ1n) is 11.0. The van der Waals surface area contributed by atoms with E-state index in [4.69, 9.17) is 32.7 Å². The molecule has 2 N–H and O–H groups in total. The molecule has 3 aromatic rings. The van der Waals surface area contributed by atoms with Crippen LogP contribution in [0.2, 0.25) is 10.0 Å². The van der Waals surface area contributed by atoms with Crippen LogP contribution in [0.3, 0.4) is 0 Å². The molecule has 0 unspecified atom stereocenters. The molecule has 0 bridgehead atoms. The molecule has 0 aliphatic carbocycles. The van der Waals surface area contributed by atoms with Gasteiger partial charge in [-0.1, -0.05) is 53.5 Å². The number of benzene rings is 3. The average Bonchev–Trinajstić information content (AvgIpc) is 2.85. The van der Waals surface area contributed by atoms with Gasteiger partial charge in [-0.05, 0) is 48.9 Å². The van der Waals surface area contributed by atoms with E-state index in [1.165, 1.54) is 6.21 Å². The summed E-state index contributed by atoms with van der Waals surface area (Å²) in [5.41, 5.74) is 4.49. The van der Waals surface area contributed by atoms with Gasteiger partial charge in [0.05, 0.1) is 23.5 Å². The molecule has 9 heteroatoms. The van der Waals surface area contributed by atoms with Crippen molar-refractivity contribution in [3.8, 4) is 11.5 Å². The van der Waals surface area contributed by atoms with E-state index in [1.54, 1.807) is 42.5 Å². The summed E-state index contributed by atoms with van der Waals surface area (Å²) >= 11 is 12.2. The Bertz CT molecular complexity index is 1200. The standard InChI is InChI=1S/C26H25Cl2N3O4/c1-2-34-24-15-18(11-12-23(24)35-17-19-7-3-4-8-20(19)27)16-29-31-26(33)14-13-25(32)30-22-10-6-5-9-21(22)28/h3-12,15-16H,2,13-14,17H2,1H3,(H,30,32)(H,31,33). The van der Waals surface area contributed by atoms with Crippen LogP contribution in [0, 0.1) is 0 Å². The number of carbonyl (C=O) groups is 2. The van der Waals surface area contributed by atoms with Crippen molar-refractivity contribution in [1.29, 1.82) is 0 Å². The lowest BCUT2D eigenvalue weighted by Gasteiger charge is -2.13. The van der Waals surface area contributed by atoms with E-state index in [0.29, 0.717) is 46.0 Å². The Labute approximate surface area is 214 Å². The predicted molar refractivity (Wildman–Crippen MR) is 138 cm³/mol. The van der Waals surface area contributed by atoms with Crippen molar-refractivity contribution in [2.75, 3.05) is 11.9 Å². The maximum atomic E-state index is 12.0. The van der Waals surface area contributed by atoms with E-state index in [0.717, 1.165) is 5.56 Å². The van der Waals surface area contributed by atoms with Crippen molar-refractivity contribution >= 4 is 46.9 Å². The minimum Gasteiger partial charge on any atom is -0.490 e. The van der Waals surface area contributed by atoms with Gasteiger partial charge in [0.2, 0.25) is 11.8 Å². The number of nitrogens with zero attached hydrogens (tertiary/aromatic N) is 1. The van der Waals surface area contributed by atoms with Crippen LogP contribution in [0.4, 0.5) is 5.69 Å². The number of hydrazone groups is 1. The molecule has 0 saturated carbocycles. The molecule has 0 fully saturated rings. The number of ether oxygens (including phenoxy) is 2. The minimum atomic E-state index is -0.389. The minimum absolute atomic E-state index is 0.00146. The lowest BCUT2D eigenvalue weighted by atomic mass is 10.2. The van der Waals surface area contributed by atoms with Crippen LogP contribution in [-0.4, -0.2) is 24.6 Å². The molecular formula is C26H25Cl2N3O4. The van der Waals surface area contributed by atoms with E-state index in [2.05, 4.69) is 15.8 Å². The summed E-state index contributed by atoms with van der Waals surface area (Å²) in [5.74, 6) is 0.412. The fourth-order valence-electron chi connectivity index (χ4n) is 3.00. The van der Waals surface area contributed by atoms with Gasteiger partial charge in [0.25, 0.3) is 0 Å². The van der Waals surface area contributed by atoms with Crippen molar-refractivity contribution in [2.45, 2.75) is 26.4 Å². The highest BCUT2D eigenvalue weighted by molar-refractivity contribution is 6.33. The lowest BCUT2D eigenvalue weighted by Crippen LogP contribution is -2.20. The summed E-state index contributed by atoms with van der Waals surface area (Å²) in [5, 5.41) is 7.70. The average molecular weight is 514 g/mol. The molecule has 0 aromatic heterocycles. The first-order valence-corrected chi connectivity index (χ1v) is 11.7. The number of hydrogen-bond donors (Lipinski definition) is 2. The molecule has 35 heavy (non-hydrogen) atoms. The smallest absolute Gasteiger partial charge is 0.240 e. The SMILES string of the molecule is CCOc1cc(C=NNC(=O)CCC(=O)Nc2ccccc2Cl)ccc1OCc1ccccc1Cl. The number of amides is 2. The Morgan fingerprint density at radius 1 is 0.886 bits per heavy atom. The summed E-state index contributed by atoms with van der Waals surface area (Å²) in [6, 6.07) is 19.7. The van der Waals surface area contributed by atoms with Crippen LogP contribution >= 0.6 is 23.2 Å². The highest BCUT2D eigenvalue weighted by Crippen LogP contribution is 2.29. The topological polar surface area (TPSA) is 89.0 Å². The predicted octanol–water partition coefficient (Wildman–Crippen LogP) is 5.84. The van der Waals surface area contributed by atoms with Gasteiger partial charge in [0.1, 0.15) is 6.61 Å². The van der Waals surface area contributed by atoms with Gasteiger partial charge < -0.3 is 14.8 Å². The highest BCUT2D eigenvalue weighted by atomic mass is 35.5.